The van der Waals surface area contributed by atoms with Crippen LogP contribution in [0.4, 0.5) is 19.0 Å². The molecule has 4 aromatic rings. The lowest BCUT2D eigenvalue weighted by atomic mass is 10.0. The van der Waals surface area contributed by atoms with E-state index in [0.717, 1.165) is 6.07 Å². The number of morpholine rings is 1. The second-order valence-electron chi connectivity index (χ2n) is 8.75. The number of nitrogens with zero attached hydrogens (tertiary/aromatic N) is 5. The number of fused-ring (bicyclic) bond motifs is 1. The lowest BCUT2D eigenvalue weighted by Gasteiger charge is -2.31. The van der Waals surface area contributed by atoms with Gasteiger partial charge in [0.2, 0.25) is 0 Å². The van der Waals surface area contributed by atoms with Crippen LogP contribution in [0.25, 0.3) is 22.0 Å². The number of rotatable bonds is 6. The Morgan fingerprint density at radius 3 is 2.46 bits per heavy atom. The van der Waals surface area contributed by atoms with E-state index in [0.29, 0.717) is 60.0 Å². The Kier molecular flexibility index (Phi) is 6.79. The van der Waals surface area contributed by atoms with Crippen molar-refractivity contribution in [3.63, 3.8) is 0 Å². The van der Waals surface area contributed by atoms with Crippen molar-refractivity contribution in [3.8, 4) is 11.1 Å². The molecule has 3 aromatic heterocycles. The van der Waals surface area contributed by atoms with Crippen LogP contribution in [0.1, 0.15) is 36.3 Å². The topological polar surface area (TPSA) is 85.2 Å². The monoisotopic (exact) mass is 510 g/mol. The molecule has 0 amide bonds. The minimum atomic E-state index is -2.93. The van der Waals surface area contributed by atoms with Gasteiger partial charge in [-0.05, 0) is 31.5 Å². The minimum Gasteiger partial charge on any atom is -0.378 e. The van der Waals surface area contributed by atoms with Crippen molar-refractivity contribution in [1.82, 2.24) is 19.6 Å². The van der Waals surface area contributed by atoms with E-state index in [-0.39, 0.29) is 11.1 Å². The second-order valence-corrected chi connectivity index (χ2v) is 8.75. The first-order valence-electron chi connectivity index (χ1n) is 11.9. The fourth-order valence-electron chi connectivity index (χ4n) is 4.51. The zero-order valence-electron chi connectivity index (χ0n) is 20.3. The molecule has 0 aliphatic carbocycles. The Balaban J connectivity index is 1.69. The molecule has 37 heavy (non-hydrogen) atoms. The van der Waals surface area contributed by atoms with Crippen molar-refractivity contribution in [1.29, 1.82) is 0 Å². The van der Waals surface area contributed by atoms with Gasteiger partial charge in [0.25, 0.3) is 12.0 Å². The third-order valence-electron chi connectivity index (χ3n) is 6.34. The van der Waals surface area contributed by atoms with E-state index in [1.54, 1.807) is 44.6 Å². The first kappa shape index (κ1) is 24.7. The van der Waals surface area contributed by atoms with Crippen LogP contribution < -0.4 is 15.9 Å². The molecule has 1 fully saturated rings. The Morgan fingerprint density at radius 2 is 1.76 bits per heavy atom. The molecule has 0 saturated carbocycles. The second kappa shape index (κ2) is 10.2. The summed E-state index contributed by atoms with van der Waals surface area (Å²) >= 11 is 0. The van der Waals surface area contributed by atoms with Crippen molar-refractivity contribution in [2.75, 3.05) is 36.6 Å². The van der Waals surface area contributed by atoms with Gasteiger partial charge in [0.15, 0.2) is 0 Å². The molecule has 0 spiro atoms. The number of hydrogen-bond donors (Lipinski definition) is 1. The van der Waals surface area contributed by atoms with Gasteiger partial charge in [-0.2, -0.15) is 0 Å². The van der Waals surface area contributed by atoms with Gasteiger partial charge in [-0.25, -0.2) is 27.8 Å². The van der Waals surface area contributed by atoms with Crippen LogP contribution in [-0.4, -0.2) is 45.9 Å². The number of anilines is 1. The molecule has 1 saturated heterocycles. The van der Waals surface area contributed by atoms with E-state index in [1.807, 2.05) is 5.01 Å². The van der Waals surface area contributed by atoms with Crippen molar-refractivity contribution >= 4 is 16.7 Å². The Morgan fingerprint density at radius 1 is 1.05 bits per heavy atom. The summed E-state index contributed by atoms with van der Waals surface area (Å²) in [5, 5.41) is 5.58. The molecule has 192 valence electrons. The molecule has 5 rings (SSSR count). The molecule has 0 bridgehead atoms. The molecule has 0 unspecified atom stereocenters. The van der Waals surface area contributed by atoms with Gasteiger partial charge in [-0.15, -0.1) is 0 Å². The van der Waals surface area contributed by atoms with Crippen LogP contribution in [0, 0.1) is 12.7 Å². The number of halogens is 3. The number of pyridine rings is 2. The summed E-state index contributed by atoms with van der Waals surface area (Å²) in [5.41, 5.74) is 0.603. The summed E-state index contributed by atoms with van der Waals surface area (Å²) in [4.78, 5) is 26.9. The fraction of sp³-hybridized carbons (Fsp3) is 0.308. The first-order chi connectivity index (χ1) is 17.8. The van der Waals surface area contributed by atoms with E-state index in [1.165, 1.54) is 16.8 Å². The molecular weight excluding hydrogens is 485 g/mol. The summed E-state index contributed by atoms with van der Waals surface area (Å²) in [7, 11) is 0. The van der Waals surface area contributed by atoms with Crippen molar-refractivity contribution in [2.45, 2.75) is 26.3 Å². The summed E-state index contributed by atoms with van der Waals surface area (Å²) in [6, 6.07) is 6.70. The molecular formula is C26H25F3N6O2. The van der Waals surface area contributed by atoms with Gasteiger partial charge < -0.3 is 15.1 Å². The molecule has 1 N–H and O–H groups in total. The summed E-state index contributed by atoms with van der Waals surface area (Å²) in [6.07, 6.45) is 1.93. The Hall–Kier alpha value is -3.99. The Labute approximate surface area is 210 Å². The third-order valence-corrected chi connectivity index (χ3v) is 6.34. The summed E-state index contributed by atoms with van der Waals surface area (Å²) in [5.74, 6) is -0.215. The predicted octanol–water partition coefficient (Wildman–Crippen LogP) is 4.38. The quantitative estimate of drug-likeness (QED) is 0.412. The van der Waals surface area contributed by atoms with E-state index >= 15 is 0 Å². The number of aromatic nitrogens is 4. The molecule has 1 atom stereocenters. The zero-order valence-corrected chi connectivity index (χ0v) is 20.3. The highest BCUT2D eigenvalue weighted by atomic mass is 19.3. The summed E-state index contributed by atoms with van der Waals surface area (Å²) < 4.78 is 48.5. The number of aryl methyl sites for hydroxylation is 1. The SMILES string of the molecule is Cc1nc(N[C@H](C)c2cccc(C(F)F)c2F)c2cn(N3CCOCC3)c(=O)c(-c3ccncc3)c2n1. The molecule has 4 heterocycles. The van der Waals surface area contributed by atoms with E-state index in [4.69, 9.17) is 4.74 Å². The average molecular weight is 511 g/mol. The molecule has 1 aliphatic heterocycles. The maximum absolute atomic E-state index is 14.9. The number of benzene rings is 1. The zero-order chi connectivity index (χ0) is 26.1. The lowest BCUT2D eigenvalue weighted by molar-refractivity contribution is 0.111. The molecule has 1 aliphatic rings. The van der Waals surface area contributed by atoms with Gasteiger partial charge in [-0.3, -0.25) is 9.78 Å². The van der Waals surface area contributed by atoms with Gasteiger partial charge in [0.1, 0.15) is 17.5 Å². The van der Waals surface area contributed by atoms with Gasteiger partial charge in [-0.1, -0.05) is 18.2 Å². The minimum absolute atomic E-state index is 0.0815. The third kappa shape index (κ3) is 4.74. The number of alkyl halides is 2. The van der Waals surface area contributed by atoms with Gasteiger partial charge in [0.05, 0.1) is 54.4 Å². The molecule has 1 aromatic carbocycles. The molecule has 0 radical (unpaired) electrons. The maximum Gasteiger partial charge on any atom is 0.279 e. The summed E-state index contributed by atoms with van der Waals surface area (Å²) in [6.45, 7) is 5.33. The number of nitrogens with one attached hydrogen (secondary N) is 1. The predicted molar refractivity (Wildman–Crippen MR) is 134 cm³/mol. The molecule has 11 heteroatoms. The standard InChI is InChI=1S/C26H25F3N6O2/c1-15(18-4-3-5-19(22(18)27)24(28)29)31-25-20-14-35(34-10-12-37-13-11-34)26(36)21(17-6-8-30-9-7-17)23(20)32-16(2)33-25/h3-9,14-15,24H,10-13H2,1-2H3,(H,31,32,33)/t15-/m1/s1. The number of ether oxygens (including phenoxy) is 1. The normalized spacial score (nSPS) is 14.8. The largest absolute Gasteiger partial charge is 0.378 e. The van der Waals surface area contributed by atoms with Crippen LogP contribution in [0.5, 0.6) is 0 Å². The van der Waals surface area contributed by atoms with E-state index in [2.05, 4.69) is 20.3 Å². The first-order valence-corrected chi connectivity index (χ1v) is 11.9. The Bertz CT molecular complexity index is 1490. The maximum atomic E-state index is 14.9. The van der Waals surface area contributed by atoms with Crippen molar-refractivity contribution < 1.29 is 17.9 Å². The van der Waals surface area contributed by atoms with Crippen molar-refractivity contribution in [3.05, 3.63) is 82.0 Å². The van der Waals surface area contributed by atoms with E-state index < -0.39 is 23.8 Å². The lowest BCUT2D eigenvalue weighted by Crippen LogP contribution is -2.49. The fourth-order valence-corrected chi connectivity index (χ4v) is 4.51. The number of hydrogen-bond acceptors (Lipinski definition) is 7. The highest BCUT2D eigenvalue weighted by molar-refractivity contribution is 5.98. The smallest absolute Gasteiger partial charge is 0.279 e. The van der Waals surface area contributed by atoms with Crippen LogP contribution in [0.15, 0.2) is 53.7 Å². The highest BCUT2D eigenvalue weighted by Crippen LogP contribution is 2.32. The van der Waals surface area contributed by atoms with Crippen molar-refractivity contribution in [2.24, 2.45) is 0 Å². The van der Waals surface area contributed by atoms with Crippen LogP contribution >= 0.6 is 0 Å². The van der Waals surface area contributed by atoms with Gasteiger partial charge >= 0.3 is 0 Å². The van der Waals surface area contributed by atoms with Gasteiger partial charge in [0, 0.05) is 24.2 Å². The van der Waals surface area contributed by atoms with E-state index in [9.17, 15) is 18.0 Å². The highest BCUT2D eigenvalue weighted by Gasteiger charge is 2.24. The molecule has 8 nitrogen and oxygen atoms in total. The average Bonchev–Trinajstić information content (AvgIpc) is 2.89. The van der Waals surface area contributed by atoms with Crippen LogP contribution in [0.2, 0.25) is 0 Å². The van der Waals surface area contributed by atoms with Crippen LogP contribution in [0.3, 0.4) is 0 Å². The van der Waals surface area contributed by atoms with Crippen LogP contribution in [-0.2, 0) is 4.74 Å².